The van der Waals surface area contributed by atoms with Crippen LogP contribution in [0.5, 0.6) is 0 Å². The summed E-state index contributed by atoms with van der Waals surface area (Å²) in [4.78, 5) is 13.1. The summed E-state index contributed by atoms with van der Waals surface area (Å²) in [6, 6.07) is 0. The van der Waals surface area contributed by atoms with Gasteiger partial charge in [0.2, 0.25) is 0 Å². The molecule has 25 heavy (non-hydrogen) atoms. The highest BCUT2D eigenvalue weighted by Gasteiger charge is 2.50. The molecule has 0 N–H and O–H groups in total. The minimum Gasteiger partial charge on any atom is -0.412 e. The van der Waals surface area contributed by atoms with Crippen molar-refractivity contribution in [3.8, 4) is 11.5 Å². The third-order valence-electron chi connectivity index (χ3n) is 5.56. The van der Waals surface area contributed by atoms with Crippen LogP contribution in [0.4, 0.5) is 0 Å². The molecule has 1 aliphatic rings. The van der Waals surface area contributed by atoms with Crippen LogP contribution in [0.15, 0.2) is 12.7 Å². The summed E-state index contributed by atoms with van der Waals surface area (Å²) >= 11 is 0. The molecule has 0 radical (unpaired) electrons. The summed E-state index contributed by atoms with van der Waals surface area (Å²) in [5.41, 5.74) is 2.86. The first-order chi connectivity index (χ1) is 11.3. The molecule has 4 heteroatoms. The van der Waals surface area contributed by atoms with Gasteiger partial charge in [-0.25, -0.2) is 0 Å². The van der Waals surface area contributed by atoms with Crippen LogP contribution in [0.1, 0.15) is 52.9 Å². The van der Waals surface area contributed by atoms with Crippen LogP contribution < -0.4 is 0 Å². The lowest BCUT2D eigenvalue weighted by molar-refractivity contribution is -0.134. The minimum absolute atomic E-state index is 0.0709. The van der Waals surface area contributed by atoms with Crippen molar-refractivity contribution in [2.75, 3.05) is 0 Å². The van der Waals surface area contributed by atoms with Crippen LogP contribution in [0.2, 0.25) is 37.8 Å². The van der Waals surface area contributed by atoms with Crippen molar-refractivity contribution in [2.24, 2.45) is 5.41 Å². The molecule has 0 aromatic carbocycles. The Morgan fingerprint density at radius 1 is 1.28 bits per heavy atom. The average Bonchev–Trinajstić information content (AvgIpc) is 2.43. The van der Waals surface area contributed by atoms with Crippen molar-refractivity contribution in [1.82, 2.24) is 0 Å². The molecule has 0 aliphatic heterocycles. The monoisotopic (exact) mass is 378 g/mol. The maximum absolute atomic E-state index is 13.1. The Morgan fingerprint density at radius 3 is 2.36 bits per heavy atom. The average molecular weight is 379 g/mol. The van der Waals surface area contributed by atoms with Gasteiger partial charge in [-0.2, -0.15) is 0 Å². The second kappa shape index (κ2) is 7.94. The van der Waals surface area contributed by atoms with Crippen molar-refractivity contribution in [2.45, 2.75) is 96.8 Å². The molecule has 2 atom stereocenters. The predicted molar refractivity (Wildman–Crippen MR) is 114 cm³/mol. The third kappa shape index (κ3) is 5.67. The fourth-order valence-corrected chi connectivity index (χ4v) is 4.91. The van der Waals surface area contributed by atoms with Crippen molar-refractivity contribution in [3.63, 3.8) is 0 Å². The van der Waals surface area contributed by atoms with Gasteiger partial charge >= 0.3 is 0 Å². The molecule has 1 saturated carbocycles. The van der Waals surface area contributed by atoms with Gasteiger partial charge in [0.15, 0.2) is 14.1 Å². The molecule has 1 fully saturated rings. The highest BCUT2D eigenvalue weighted by atomic mass is 28.4. The van der Waals surface area contributed by atoms with E-state index < -0.39 is 21.8 Å². The molecule has 0 aromatic rings. The lowest BCUT2D eigenvalue weighted by Crippen LogP contribution is -2.53. The molecule has 1 aliphatic carbocycles. The zero-order valence-electron chi connectivity index (χ0n) is 17.7. The first kappa shape index (κ1) is 22.4. The molecule has 0 amide bonds. The normalized spacial score (nSPS) is 25.3. The highest BCUT2D eigenvalue weighted by Crippen LogP contribution is 2.45. The summed E-state index contributed by atoms with van der Waals surface area (Å²) in [6.07, 6.45) is 5.88. The SMILES string of the molecule is C=CCC[C@@]1(C#C[Si](C)(C)C)C(=O)CCC[C@@H]1O[Si](C)(C)C(C)(C)C. The molecule has 0 saturated heterocycles. The fraction of sp³-hybridized carbons (Fsp3) is 0.762. The Bertz CT molecular complexity index is 555. The Labute approximate surface area is 158 Å². The van der Waals surface area contributed by atoms with Gasteiger partial charge < -0.3 is 4.43 Å². The number of carbonyl (C=O) groups excluding carboxylic acids is 1. The number of hydrogen-bond acceptors (Lipinski definition) is 2. The maximum atomic E-state index is 13.1. The Kier molecular flexibility index (Phi) is 7.12. The number of Topliss-reactive ketones (excluding diaryl/α,β-unsaturated/α-hetero) is 1. The summed E-state index contributed by atoms with van der Waals surface area (Å²) in [5, 5.41) is 0.129. The number of allylic oxidation sites excluding steroid dienone is 1. The first-order valence-corrected chi connectivity index (χ1v) is 16.0. The standard InChI is InChI=1S/C21H38O2Si2/c1-10-11-15-21(16-17-24(5,6)7)18(22)13-12-14-19(21)23-25(8,9)20(2,3)4/h10,19H,1,11-15H2,2-9H3/t19-,21+/m0/s1. The van der Waals surface area contributed by atoms with Gasteiger partial charge in [0.05, 0.1) is 6.10 Å². The van der Waals surface area contributed by atoms with Crippen LogP contribution >= 0.6 is 0 Å². The van der Waals surface area contributed by atoms with Gasteiger partial charge in [0, 0.05) is 6.42 Å². The summed E-state index contributed by atoms with van der Waals surface area (Å²) in [5.74, 6) is 3.78. The van der Waals surface area contributed by atoms with Gasteiger partial charge in [-0.15, -0.1) is 12.1 Å². The van der Waals surface area contributed by atoms with Crippen molar-refractivity contribution < 1.29 is 9.22 Å². The van der Waals surface area contributed by atoms with Crippen LogP contribution in [-0.2, 0) is 9.22 Å². The first-order valence-electron chi connectivity index (χ1n) is 9.61. The van der Waals surface area contributed by atoms with E-state index in [2.05, 4.69) is 71.5 Å². The topological polar surface area (TPSA) is 26.3 Å². The van der Waals surface area contributed by atoms with Crippen molar-refractivity contribution >= 4 is 22.2 Å². The van der Waals surface area contributed by atoms with Gasteiger partial charge in [0.1, 0.15) is 13.5 Å². The van der Waals surface area contributed by atoms with E-state index in [-0.39, 0.29) is 16.9 Å². The van der Waals surface area contributed by atoms with E-state index in [1.54, 1.807) is 0 Å². The molecule has 0 bridgehead atoms. The summed E-state index contributed by atoms with van der Waals surface area (Å²) in [7, 11) is -3.52. The summed E-state index contributed by atoms with van der Waals surface area (Å²) in [6.45, 7) is 21.9. The molecule has 0 unspecified atom stereocenters. The Hall–Kier alpha value is -0.636. The highest BCUT2D eigenvalue weighted by molar-refractivity contribution is 6.83. The van der Waals surface area contributed by atoms with Gasteiger partial charge in [-0.1, -0.05) is 52.4 Å². The van der Waals surface area contributed by atoms with Crippen LogP contribution in [0.3, 0.4) is 0 Å². The smallest absolute Gasteiger partial charge is 0.192 e. The van der Waals surface area contributed by atoms with Crippen LogP contribution in [-0.4, -0.2) is 28.3 Å². The van der Waals surface area contributed by atoms with Gasteiger partial charge in [0.25, 0.3) is 0 Å². The maximum Gasteiger partial charge on any atom is 0.192 e. The van der Waals surface area contributed by atoms with Crippen molar-refractivity contribution in [1.29, 1.82) is 0 Å². The molecule has 0 spiro atoms. The van der Waals surface area contributed by atoms with Gasteiger partial charge in [-0.05, 0) is 43.8 Å². The number of ketones is 1. The van der Waals surface area contributed by atoms with E-state index in [0.717, 1.165) is 25.7 Å². The number of hydrogen-bond donors (Lipinski definition) is 0. The van der Waals surface area contributed by atoms with Crippen molar-refractivity contribution in [3.05, 3.63) is 12.7 Å². The molecule has 0 heterocycles. The Balaban J connectivity index is 3.35. The minimum atomic E-state index is -1.96. The molecule has 142 valence electrons. The molecular formula is C21H38O2Si2. The molecule has 0 aromatic heterocycles. The lowest BCUT2D eigenvalue weighted by atomic mass is 9.68. The van der Waals surface area contributed by atoms with Crippen LogP contribution in [0, 0.1) is 16.9 Å². The van der Waals surface area contributed by atoms with E-state index in [1.807, 2.05) is 6.08 Å². The predicted octanol–water partition coefficient (Wildman–Crippen LogP) is 5.96. The van der Waals surface area contributed by atoms with Gasteiger partial charge in [-0.3, -0.25) is 4.79 Å². The zero-order valence-corrected chi connectivity index (χ0v) is 19.7. The number of carbonyl (C=O) groups is 1. The van der Waals surface area contributed by atoms with E-state index in [0.29, 0.717) is 6.42 Å². The molecule has 1 rings (SSSR count). The largest absolute Gasteiger partial charge is 0.412 e. The Morgan fingerprint density at radius 2 is 1.88 bits per heavy atom. The van der Waals surface area contributed by atoms with E-state index >= 15 is 0 Å². The van der Waals surface area contributed by atoms with E-state index in [1.165, 1.54) is 0 Å². The lowest BCUT2D eigenvalue weighted by Gasteiger charge is -2.46. The molecule has 2 nitrogen and oxygen atoms in total. The number of rotatable bonds is 5. The zero-order chi connectivity index (χ0) is 19.5. The quantitative estimate of drug-likeness (QED) is 0.335. The van der Waals surface area contributed by atoms with E-state index in [9.17, 15) is 4.79 Å². The molecular weight excluding hydrogens is 340 g/mol. The third-order valence-corrected chi connectivity index (χ3v) is 10.9. The summed E-state index contributed by atoms with van der Waals surface area (Å²) < 4.78 is 6.79. The van der Waals surface area contributed by atoms with E-state index in [4.69, 9.17) is 4.43 Å². The second-order valence-corrected chi connectivity index (χ2v) is 19.5. The fourth-order valence-electron chi connectivity index (χ4n) is 2.93. The second-order valence-electron chi connectivity index (χ2n) is 9.98. The van der Waals surface area contributed by atoms with Crippen LogP contribution in [0.25, 0.3) is 0 Å².